The number of imidazole rings is 1. The van der Waals surface area contributed by atoms with Gasteiger partial charge in [0.05, 0.1) is 49.5 Å². The first-order chi connectivity index (χ1) is 20.6. The van der Waals surface area contributed by atoms with Crippen LogP contribution in [0.15, 0.2) is 34.5 Å². The van der Waals surface area contributed by atoms with E-state index in [4.69, 9.17) is 23.2 Å². The summed E-state index contributed by atoms with van der Waals surface area (Å²) < 4.78 is 4.90. The fraction of sp³-hybridized carbons (Fsp3) is 0.576. The van der Waals surface area contributed by atoms with E-state index >= 15 is 0 Å². The van der Waals surface area contributed by atoms with Crippen LogP contribution in [0, 0.1) is 13.8 Å². The van der Waals surface area contributed by atoms with Crippen LogP contribution in [0.3, 0.4) is 0 Å². The van der Waals surface area contributed by atoms with Crippen molar-refractivity contribution in [2.45, 2.75) is 99.8 Å². The molecule has 1 aliphatic rings. The summed E-state index contributed by atoms with van der Waals surface area (Å²) in [6, 6.07) is 4.93. The fourth-order valence-electron chi connectivity index (χ4n) is 5.48. The van der Waals surface area contributed by atoms with E-state index in [1.54, 1.807) is 15.6 Å². The predicted molar refractivity (Wildman–Crippen MR) is 179 cm³/mol. The van der Waals surface area contributed by atoms with Crippen LogP contribution in [0.25, 0.3) is 5.82 Å². The van der Waals surface area contributed by atoms with E-state index in [0.717, 1.165) is 17.2 Å². The van der Waals surface area contributed by atoms with Gasteiger partial charge in [-0.2, -0.15) is 14.9 Å². The first-order valence-electron chi connectivity index (χ1n) is 15.9. The number of halogens is 2. The molecule has 0 atom stereocenters. The van der Waals surface area contributed by atoms with Gasteiger partial charge in [-0.15, -0.1) is 0 Å². The zero-order valence-corrected chi connectivity index (χ0v) is 28.6. The van der Waals surface area contributed by atoms with Crippen molar-refractivity contribution < 1.29 is 9.59 Å². The fourth-order valence-corrected chi connectivity index (χ4v) is 5.95. The normalized spacial score (nSPS) is 13.7. The van der Waals surface area contributed by atoms with Crippen LogP contribution in [-0.2, 0) is 0 Å². The molecule has 236 valence electrons. The van der Waals surface area contributed by atoms with Gasteiger partial charge in [0.1, 0.15) is 5.71 Å². The smallest absolute Gasteiger partial charge is 0.183 e. The number of aromatic nitrogens is 4. The van der Waals surface area contributed by atoms with Gasteiger partial charge in [-0.05, 0) is 64.7 Å². The molecule has 0 unspecified atom stereocenters. The SMILES string of the molecule is CC1=Nn2c(-n3nc(C)cc3C)cnc2C1=Nc1cc(Cl)c([O-])c(Cl)c1.CCCC[N+](CCCC)(CCCC)CCCC. The minimum absolute atomic E-state index is 0.0242. The molecule has 0 N–H and O–H groups in total. The van der Waals surface area contributed by atoms with E-state index in [9.17, 15) is 5.11 Å². The summed E-state index contributed by atoms with van der Waals surface area (Å²) in [6.45, 7) is 20.8. The molecule has 0 bridgehead atoms. The maximum absolute atomic E-state index is 11.7. The van der Waals surface area contributed by atoms with Gasteiger partial charge in [-0.25, -0.2) is 14.7 Å². The standard InChI is InChI=1S/C17H14Cl2N6O.C16H36N/c1-8-4-9(2)24(22-8)14-7-20-17-15(10(3)23-25(14)17)21-11-5-12(18)16(26)13(19)6-11;1-5-9-13-17(14-10-6-2,15-11-7-3)16-12-8-4/h4-7,26H,1-3H3;5-16H2,1-4H3/q;+1/p-1. The molecule has 0 saturated carbocycles. The number of rotatable bonds is 14. The van der Waals surface area contributed by atoms with Gasteiger partial charge in [0.2, 0.25) is 0 Å². The molecule has 0 amide bonds. The maximum atomic E-state index is 11.7. The summed E-state index contributed by atoms with van der Waals surface area (Å²) in [5, 5.41) is 20.7. The maximum Gasteiger partial charge on any atom is 0.183 e. The zero-order chi connectivity index (χ0) is 31.6. The van der Waals surface area contributed by atoms with Crippen molar-refractivity contribution in [2.24, 2.45) is 10.1 Å². The van der Waals surface area contributed by atoms with Gasteiger partial charge in [-0.1, -0.05) is 82.3 Å². The highest BCUT2D eigenvalue weighted by molar-refractivity contribution is 6.48. The van der Waals surface area contributed by atoms with Gasteiger partial charge in [-0.3, -0.25) is 0 Å². The Balaban J connectivity index is 0.000000261. The van der Waals surface area contributed by atoms with Crippen LogP contribution in [0.5, 0.6) is 5.75 Å². The Morgan fingerprint density at radius 2 is 1.33 bits per heavy atom. The number of aliphatic imine (C=N–C) groups is 1. The molecule has 1 aromatic carbocycles. The number of benzene rings is 1. The van der Waals surface area contributed by atoms with Crippen molar-refractivity contribution in [2.75, 3.05) is 26.2 Å². The summed E-state index contributed by atoms with van der Waals surface area (Å²) in [4.78, 5) is 8.99. The first kappa shape index (κ1) is 34.8. The average molecular weight is 631 g/mol. The lowest BCUT2D eigenvalue weighted by molar-refractivity contribution is -0.929. The number of hydrogen-bond donors (Lipinski definition) is 0. The third kappa shape index (κ3) is 8.93. The summed E-state index contributed by atoms with van der Waals surface area (Å²) >= 11 is 11.8. The molecule has 4 rings (SSSR count). The minimum Gasteiger partial charge on any atom is -0.870 e. The molecule has 0 aliphatic carbocycles. The summed E-state index contributed by atoms with van der Waals surface area (Å²) in [5.41, 5.74) is 3.63. The van der Waals surface area contributed by atoms with E-state index in [0.29, 0.717) is 22.9 Å². The van der Waals surface area contributed by atoms with Gasteiger partial charge in [0, 0.05) is 15.7 Å². The van der Waals surface area contributed by atoms with Gasteiger partial charge < -0.3 is 9.59 Å². The Hall–Kier alpha value is -2.68. The van der Waals surface area contributed by atoms with Crippen LogP contribution >= 0.6 is 23.2 Å². The highest BCUT2D eigenvalue weighted by atomic mass is 35.5. The van der Waals surface area contributed by atoms with Gasteiger partial charge in [0.15, 0.2) is 11.6 Å². The second-order valence-corrected chi connectivity index (χ2v) is 12.4. The molecule has 3 aromatic rings. The summed E-state index contributed by atoms with van der Waals surface area (Å²) in [7, 11) is 0. The molecule has 43 heavy (non-hydrogen) atoms. The minimum atomic E-state index is -0.414. The molecule has 10 heteroatoms. The van der Waals surface area contributed by atoms with Crippen LogP contribution in [-0.4, -0.2) is 61.5 Å². The molecular formula is C33H49Cl2N7O. The van der Waals surface area contributed by atoms with Crippen LogP contribution in [0.4, 0.5) is 5.69 Å². The largest absolute Gasteiger partial charge is 0.870 e. The van der Waals surface area contributed by atoms with Gasteiger partial charge in [0.25, 0.3) is 0 Å². The number of unbranched alkanes of at least 4 members (excludes halogenated alkanes) is 4. The molecule has 0 fully saturated rings. The highest BCUT2D eigenvalue weighted by Crippen LogP contribution is 2.34. The lowest BCUT2D eigenvalue weighted by Crippen LogP contribution is -2.50. The summed E-state index contributed by atoms with van der Waals surface area (Å²) in [5.74, 6) is 0.895. The summed E-state index contributed by atoms with van der Waals surface area (Å²) in [6.07, 6.45) is 12.8. The highest BCUT2D eigenvalue weighted by Gasteiger charge is 2.26. The second-order valence-electron chi connectivity index (χ2n) is 11.6. The lowest BCUT2D eigenvalue weighted by atomic mass is 10.1. The molecule has 0 radical (unpaired) electrons. The molecule has 3 heterocycles. The Morgan fingerprint density at radius 3 is 1.77 bits per heavy atom. The Bertz CT molecular complexity index is 1350. The van der Waals surface area contributed by atoms with Crippen molar-refractivity contribution >= 4 is 40.3 Å². The van der Waals surface area contributed by atoms with Crippen molar-refractivity contribution in [3.05, 3.63) is 51.7 Å². The van der Waals surface area contributed by atoms with Gasteiger partial charge >= 0.3 is 0 Å². The number of quaternary nitrogens is 1. The van der Waals surface area contributed by atoms with E-state index in [1.807, 2.05) is 26.8 Å². The van der Waals surface area contributed by atoms with E-state index in [-0.39, 0.29) is 10.0 Å². The van der Waals surface area contributed by atoms with Crippen molar-refractivity contribution in [1.82, 2.24) is 19.4 Å². The van der Waals surface area contributed by atoms with Crippen molar-refractivity contribution in [3.63, 3.8) is 0 Å². The monoisotopic (exact) mass is 629 g/mol. The molecule has 0 spiro atoms. The van der Waals surface area contributed by atoms with E-state index < -0.39 is 5.75 Å². The number of nitrogens with zero attached hydrogens (tertiary/aromatic N) is 7. The first-order valence-corrected chi connectivity index (χ1v) is 16.6. The molecule has 8 nitrogen and oxygen atoms in total. The Morgan fingerprint density at radius 1 is 0.814 bits per heavy atom. The van der Waals surface area contributed by atoms with Crippen LogP contribution in [0.1, 0.15) is 103 Å². The average Bonchev–Trinajstić information content (AvgIpc) is 3.63. The third-order valence-corrected chi connectivity index (χ3v) is 8.48. The van der Waals surface area contributed by atoms with Crippen LogP contribution < -0.4 is 5.11 Å². The molecule has 1 aliphatic heterocycles. The quantitative estimate of drug-likeness (QED) is 0.168. The number of fused-ring (bicyclic) bond motifs is 1. The third-order valence-electron chi connectivity index (χ3n) is 7.92. The Kier molecular flexibility index (Phi) is 13.3. The van der Waals surface area contributed by atoms with E-state index in [1.165, 1.54) is 94.2 Å². The van der Waals surface area contributed by atoms with Crippen molar-refractivity contribution in [1.29, 1.82) is 0 Å². The molecule has 0 saturated heterocycles. The number of hydrogen-bond acceptors (Lipinski definition) is 5. The zero-order valence-electron chi connectivity index (χ0n) is 27.1. The molecule has 2 aromatic heterocycles. The molecular weight excluding hydrogens is 581 g/mol. The number of aryl methyl sites for hydroxylation is 2. The lowest BCUT2D eigenvalue weighted by Gasteiger charge is -2.39. The van der Waals surface area contributed by atoms with Crippen LogP contribution in [0.2, 0.25) is 10.0 Å². The topological polar surface area (TPSA) is 83.4 Å². The Labute approximate surface area is 268 Å². The second kappa shape index (κ2) is 16.4. The van der Waals surface area contributed by atoms with Crippen molar-refractivity contribution in [3.8, 4) is 11.6 Å². The van der Waals surface area contributed by atoms with E-state index in [2.05, 4.69) is 47.9 Å². The predicted octanol–water partition coefficient (Wildman–Crippen LogP) is 8.43.